The lowest BCUT2D eigenvalue weighted by atomic mass is 9.78. The number of piperidine rings is 1. The highest BCUT2D eigenvalue weighted by Gasteiger charge is 2.35. The Morgan fingerprint density at radius 1 is 1.33 bits per heavy atom. The van der Waals surface area contributed by atoms with Crippen molar-refractivity contribution in [1.29, 1.82) is 0 Å². The van der Waals surface area contributed by atoms with Crippen LogP contribution in [0.25, 0.3) is 4.91 Å². The molecule has 1 fully saturated rings. The van der Waals surface area contributed by atoms with E-state index in [1.165, 1.54) is 0 Å². The zero-order chi connectivity index (χ0) is 21.1. The third-order valence-corrected chi connectivity index (χ3v) is 7.04. The van der Waals surface area contributed by atoms with Crippen LogP contribution in [0.4, 0.5) is 11.6 Å². The van der Waals surface area contributed by atoms with Crippen molar-refractivity contribution < 1.29 is 4.79 Å². The highest BCUT2D eigenvalue weighted by atomic mass is 35.5. The Labute approximate surface area is 186 Å². The molecule has 158 valence electrons. The van der Waals surface area contributed by atoms with E-state index in [4.69, 9.17) is 16.6 Å². The summed E-state index contributed by atoms with van der Waals surface area (Å²) in [5.41, 5.74) is 2.29. The van der Waals surface area contributed by atoms with Gasteiger partial charge in [-0.2, -0.15) is 0 Å². The Kier molecular flexibility index (Phi) is 6.32. The van der Waals surface area contributed by atoms with Crippen molar-refractivity contribution in [2.45, 2.75) is 38.6 Å². The van der Waals surface area contributed by atoms with Crippen LogP contribution in [-0.2, 0) is 4.79 Å². The molecule has 2 aliphatic heterocycles. The van der Waals surface area contributed by atoms with Crippen LogP contribution in [0.3, 0.4) is 0 Å². The second-order valence-electron chi connectivity index (χ2n) is 8.28. The van der Waals surface area contributed by atoms with Crippen LogP contribution in [0.15, 0.2) is 42.7 Å². The third-order valence-electron chi connectivity index (χ3n) is 5.67. The zero-order valence-corrected chi connectivity index (χ0v) is 18.8. The number of aryl methyl sites for hydroxylation is 1. The van der Waals surface area contributed by atoms with Crippen LogP contribution < -0.4 is 10.6 Å². The van der Waals surface area contributed by atoms with Crippen LogP contribution in [-0.4, -0.2) is 38.7 Å². The highest BCUT2D eigenvalue weighted by Crippen LogP contribution is 2.40. The first-order chi connectivity index (χ1) is 14.4. The Bertz CT molecular complexity index is 958. The van der Waals surface area contributed by atoms with Crippen LogP contribution >= 0.6 is 23.4 Å². The smallest absolute Gasteiger partial charge is 0.222 e. The Balaban J connectivity index is 1.36. The molecule has 0 amide bonds. The molecular weight excluding hydrogens is 418 g/mol. The van der Waals surface area contributed by atoms with Gasteiger partial charge in [0.1, 0.15) is 17.1 Å². The molecule has 30 heavy (non-hydrogen) atoms. The van der Waals surface area contributed by atoms with E-state index in [0.29, 0.717) is 6.42 Å². The lowest BCUT2D eigenvalue weighted by molar-refractivity contribution is -0.114. The summed E-state index contributed by atoms with van der Waals surface area (Å²) in [5, 5.41) is 6.53. The summed E-state index contributed by atoms with van der Waals surface area (Å²) in [7, 11) is 0. The van der Waals surface area contributed by atoms with Gasteiger partial charge in [-0.15, -0.1) is 0 Å². The van der Waals surface area contributed by atoms with Gasteiger partial charge in [0.25, 0.3) is 0 Å². The van der Waals surface area contributed by atoms with E-state index >= 15 is 0 Å². The third kappa shape index (κ3) is 5.14. The minimum Gasteiger partial charge on any atom is -0.366 e. The molecular formula is C22H26ClN5OS. The molecule has 0 spiro atoms. The highest BCUT2D eigenvalue weighted by molar-refractivity contribution is 8.09. The molecule has 2 aliphatic rings. The predicted octanol–water partition coefficient (Wildman–Crippen LogP) is 4.70. The number of carbonyl (C=O) groups excluding carboxylic acids is 1. The van der Waals surface area contributed by atoms with Crippen molar-refractivity contribution >= 4 is 45.1 Å². The summed E-state index contributed by atoms with van der Waals surface area (Å²) in [5.74, 6) is 1.56. The van der Waals surface area contributed by atoms with Gasteiger partial charge in [-0.25, -0.2) is 9.97 Å². The molecule has 0 radical (unpaired) electrons. The fourth-order valence-corrected chi connectivity index (χ4v) is 5.27. The minimum absolute atomic E-state index is 0.0141. The van der Waals surface area contributed by atoms with Gasteiger partial charge < -0.3 is 10.6 Å². The second kappa shape index (κ2) is 8.96. The van der Waals surface area contributed by atoms with Crippen LogP contribution in [0.2, 0.25) is 0 Å². The molecule has 4 rings (SSSR count). The number of hydrogen-bond acceptors (Lipinski definition) is 7. The average Bonchev–Trinajstić information content (AvgIpc) is 3.18. The number of anilines is 2. The molecule has 0 bridgehead atoms. The van der Waals surface area contributed by atoms with Gasteiger partial charge >= 0.3 is 0 Å². The van der Waals surface area contributed by atoms with Gasteiger partial charge in [-0.05, 0) is 66.6 Å². The Morgan fingerprint density at radius 3 is 2.87 bits per heavy atom. The summed E-state index contributed by atoms with van der Waals surface area (Å²) < 4.78 is 0. The first-order valence-corrected chi connectivity index (χ1v) is 11.4. The van der Waals surface area contributed by atoms with E-state index in [9.17, 15) is 4.79 Å². The van der Waals surface area contributed by atoms with E-state index in [0.717, 1.165) is 53.7 Å². The summed E-state index contributed by atoms with van der Waals surface area (Å²) in [6.07, 6.45) is 6.23. The molecule has 2 N–H and O–H groups in total. The van der Waals surface area contributed by atoms with Crippen LogP contribution in [0, 0.1) is 12.3 Å². The molecule has 8 heteroatoms. The fraction of sp³-hybridized carbons (Fsp3) is 0.409. The van der Waals surface area contributed by atoms with Gasteiger partial charge in [0, 0.05) is 31.9 Å². The number of rotatable bonds is 6. The molecule has 6 nitrogen and oxygen atoms in total. The van der Waals surface area contributed by atoms with E-state index in [1.807, 2.05) is 43.5 Å². The van der Waals surface area contributed by atoms with Crippen molar-refractivity contribution in [2.75, 3.05) is 18.4 Å². The number of likely N-dealkylation sites (tertiary alicyclic amines) is 1. The largest absolute Gasteiger partial charge is 0.366 e. The van der Waals surface area contributed by atoms with Crippen molar-refractivity contribution in [3.05, 3.63) is 54.0 Å². The van der Waals surface area contributed by atoms with Gasteiger partial charge in [-0.1, -0.05) is 24.8 Å². The maximum Gasteiger partial charge on any atom is 0.222 e. The topological polar surface area (TPSA) is 70.2 Å². The zero-order valence-electron chi connectivity index (χ0n) is 17.2. The minimum atomic E-state index is -0.233. The molecule has 0 aliphatic carbocycles. The molecule has 0 saturated carbocycles. The SMILES string of the molecule is Cc1ccnc(Nc2cccc(C3=CNC(N4CCC(C)(CC(=O)Cl)CC4)S3)n2)c1. The second-order valence-corrected chi connectivity index (χ2v) is 9.82. The van der Waals surface area contributed by atoms with Gasteiger partial charge in [0.2, 0.25) is 5.24 Å². The molecule has 4 heterocycles. The van der Waals surface area contributed by atoms with E-state index in [2.05, 4.69) is 27.4 Å². The number of pyridine rings is 2. The van der Waals surface area contributed by atoms with Crippen LogP contribution in [0.1, 0.15) is 37.4 Å². The summed E-state index contributed by atoms with van der Waals surface area (Å²) in [6, 6.07) is 9.94. The average molecular weight is 444 g/mol. The van der Waals surface area contributed by atoms with Crippen molar-refractivity contribution in [3.8, 4) is 0 Å². The molecule has 1 unspecified atom stereocenters. The summed E-state index contributed by atoms with van der Waals surface area (Å²) in [6.45, 7) is 6.09. The maximum atomic E-state index is 11.3. The van der Waals surface area contributed by atoms with Crippen LogP contribution in [0.5, 0.6) is 0 Å². The van der Waals surface area contributed by atoms with Crippen molar-refractivity contribution in [3.63, 3.8) is 0 Å². The lowest BCUT2D eigenvalue weighted by Gasteiger charge is -2.41. The number of carbonyl (C=O) groups is 1. The van der Waals surface area contributed by atoms with E-state index in [1.54, 1.807) is 18.0 Å². The summed E-state index contributed by atoms with van der Waals surface area (Å²) in [4.78, 5) is 24.0. The number of hydrogen-bond donors (Lipinski definition) is 2. The molecule has 1 saturated heterocycles. The number of nitrogens with one attached hydrogen (secondary N) is 2. The first-order valence-electron chi connectivity index (χ1n) is 10.1. The van der Waals surface area contributed by atoms with Gasteiger partial charge in [0.05, 0.1) is 10.6 Å². The number of aromatic nitrogens is 2. The fourth-order valence-electron chi connectivity index (χ4n) is 3.84. The lowest BCUT2D eigenvalue weighted by Crippen LogP contribution is -2.46. The normalized spacial score (nSPS) is 21.0. The van der Waals surface area contributed by atoms with Crippen molar-refractivity contribution in [1.82, 2.24) is 20.2 Å². The Hall–Kier alpha value is -2.09. The standard InChI is InChI=1S/C22H26ClN5OS/c1-15-6-9-24-20(12-15)27-19-5-3-4-16(26-19)17-14-25-21(30-17)28-10-7-22(2,8-11-28)13-18(23)29/h3-6,9,12,14,21,25H,7-8,10-11,13H2,1-2H3,(H,24,26,27). The van der Waals surface area contributed by atoms with E-state index < -0.39 is 0 Å². The van der Waals surface area contributed by atoms with Gasteiger partial charge in [-0.3, -0.25) is 9.69 Å². The maximum absolute atomic E-state index is 11.3. The first kappa shape index (κ1) is 21.2. The van der Waals surface area contributed by atoms with Gasteiger partial charge in [0.15, 0.2) is 0 Å². The molecule has 2 aromatic heterocycles. The molecule has 2 aromatic rings. The molecule has 0 aromatic carbocycles. The monoisotopic (exact) mass is 443 g/mol. The number of halogens is 1. The quantitative estimate of drug-likeness (QED) is 0.626. The molecule has 1 atom stereocenters. The number of thioether (sulfide) groups is 1. The Morgan fingerprint density at radius 2 is 2.13 bits per heavy atom. The predicted molar refractivity (Wildman–Crippen MR) is 123 cm³/mol. The summed E-state index contributed by atoms with van der Waals surface area (Å²) >= 11 is 7.41. The van der Waals surface area contributed by atoms with Crippen molar-refractivity contribution in [2.24, 2.45) is 5.41 Å². The number of nitrogens with zero attached hydrogens (tertiary/aromatic N) is 3. The van der Waals surface area contributed by atoms with E-state index in [-0.39, 0.29) is 16.2 Å².